The van der Waals surface area contributed by atoms with Gasteiger partial charge in [-0.05, 0) is 89.9 Å². The molecule has 2 atom stereocenters. The quantitative estimate of drug-likeness (QED) is 0.0320. The second kappa shape index (κ2) is 71.3. The molecule has 6 nitrogen and oxygen atoms in total. The number of hydrogen-bond donors (Lipinski definition) is 3. The zero-order valence-electron chi connectivity index (χ0n) is 55.2. The summed E-state index contributed by atoms with van der Waals surface area (Å²) in [6.45, 7) is 4.91. The zero-order chi connectivity index (χ0) is 59.2. The van der Waals surface area contributed by atoms with Crippen molar-refractivity contribution in [1.82, 2.24) is 5.32 Å². The molecule has 0 radical (unpaired) electrons. The lowest BCUT2D eigenvalue weighted by Gasteiger charge is -2.20. The molecular weight excluding hydrogens is 1010 g/mol. The first-order chi connectivity index (χ1) is 40.5. The number of unbranched alkanes of at least 4 members (excludes halogenated alkanes) is 52. The van der Waals surface area contributed by atoms with Crippen LogP contribution in [0.3, 0.4) is 0 Å². The molecule has 0 aliphatic heterocycles. The van der Waals surface area contributed by atoms with E-state index in [0.29, 0.717) is 19.4 Å². The molecule has 6 heteroatoms. The van der Waals surface area contributed by atoms with Crippen LogP contribution < -0.4 is 5.32 Å². The Kier molecular flexibility index (Phi) is 69.4. The van der Waals surface area contributed by atoms with Crippen LogP contribution >= 0.6 is 0 Å². The molecule has 0 bridgehead atoms. The first kappa shape index (κ1) is 79.8. The van der Waals surface area contributed by atoms with Gasteiger partial charge in [-0.1, -0.05) is 345 Å². The molecule has 82 heavy (non-hydrogen) atoms. The number of amides is 1. The Morgan fingerprint density at radius 3 is 0.951 bits per heavy atom. The molecule has 0 aromatic carbocycles. The summed E-state index contributed by atoms with van der Waals surface area (Å²) in [4.78, 5) is 24.6. The molecule has 0 aliphatic carbocycles. The highest BCUT2D eigenvalue weighted by Crippen LogP contribution is 2.18. The second-order valence-electron chi connectivity index (χ2n) is 25.3. The van der Waals surface area contributed by atoms with Crippen molar-refractivity contribution < 1.29 is 24.5 Å². The van der Waals surface area contributed by atoms with Crippen molar-refractivity contribution in [2.24, 2.45) is 0 Å². The molecule has 0 rings (SSSR count). The minimum absolute atomic E-state index is 0.00512. The summed E-state index contributed by atoms with van der Waals surface area (Å²) in [5.41, 5.74) is 0. The van der Waals surface area contributed by atoms with E-state index in [-0.39, 0.29) is 18.5 Å². The van der Waals surface area contributed by atoms with E-state index in [2.05, 4.69) is 55.6 Å². The summed E-state index contributed by atoms with van der Waals surface area (Å²) in [5, 5.41) is 23.2. The molecule has 3 N–H and O–H groups in total. The van der Waals surface area contributed by atoms with Crippen LogP contribution in [-0.4, -0.2) is 47.4 Å². The largest absolute Gasteiger partial charge is 0.466 e. The number of aliphatic hydroxyl groups is 2. The van der Waals surface area contributed by atoms with E-state index in [0.717, 1.165) is 51.4 Å². The number of carbonyl (C=O) groups is 2. The second-order valence-corrected chi connectivity index (χ2v) is 25.3. The van der Waals surface area contributed by atoms with Gasteiger partial charge >= 0.3 is 5.97 Å². The molecule has 2 unspecified atom stereocenters. The van der Waals surface area contributed by atoms with Gasteiger partial charge in [-0.2, -0.15) is 0 Å². The molecule has 0 aliphatic rings. The lowest BCUT2D eigenvalue weighted by Crippen LogP contribution is -2.45. The summed E-state index contributed by atoms with van der Waals surface area (Å²) in [6.07, 6.45) is 93.5. The average Bonchev–Trinajstić information content (AvgIpc) is 3.48. The summed E-state index contributed by atoms with van der Waals surface area (Å²) in [7, 11) is 0. The number of esters is 1. The smallest absolute Gasteiger partial charge is 0.305 e. The molecule has 482 valence electrons. The van der Waals surface area contributed by atoms with Crippen LogP contribution in [0.4, 0.5) is 0 Å². The number of hydrogen-bond acceptors (Lipinski definition) is 5. The molecule has 0 saturated heterocycles. The van der Waals surface area contributed by atoms with Gasteiger partial charge < -0.3 is 20.3 Å². The van der Waals surface area contributed by atoms with Crippen LogP contribution in [-0.2, 0) is 14.3 Å². The van der Waals surface area contributed by atoms with Crippen LogP contribution in [0.5, 0.6) is 0 Å². The number of allylic oxidation sites excluding steroid dienone is 7. The molecule has 0 spiro atoms. The van der Waals surface area contributed by atoms with Crippen LogP contribution in [0, 0.1) is 0 Å². The van der Waals surface area contributed by atoms with Crippen LogP contribution in [0.25, 0.3) is 0 Å². The third-order valence-corrected chi connectivity index (χ3v) is 17.1. The predicted octanol–water partition coefficient (Wildman–Crippen LogP) is 24.0. The predicted molar refractivity (Wildman–Crippen MR) is 361 cm³/mol. The summed E-state index contributed by atoms with van der Waals surface area (Å²) < 4.78 is 5.49. The van der Waals surface area contributed by atoms with Gasteiger partial charge in [-0.3, -0.25) is 9.59 Å². The third kappa shape index (κ3) is 67.0. The van der Waals surface area contributed by atoms with Gasteiger partial charge in [0.2, 0.25) is 5.91 Å². The third-order valence-electron chi connectivity index (χ3n) is 17.1. The fourth-order valence-corrected chi connectivity index (χ4v) is 11.4. The van der Waals surface area contributed by atoms with E-state index in [4.69, 9.17) is 4.74 Å². The number of rotatable bonds is 69. The first-order valence-corrected chi connectivity index (χ1v) is 36.9. The minimum Gasteiger partial charge on any atom is -0.466 e. The van der Waals surface area contributed by atoms with Crippen molar-refractivity contribution >= 4 is 11.9 Å². The number of carbonyl (C=O) groups excluding carboxylic acids is 2. The maximum absolute atomic E-state index is 12.5. The Hall–Kier alpha value is -2.18. The fourth-order valence-electron chi connectivity index (χ4n) is 11.4. The molecule has 0 heterocycles. The van der Waals surface area contributed by atoms with E-state index in [9.17, 15) is 19.8 Å². The van der Waals surface area contributed by atoms with Crippen molar-refractivity contribution in [3.05, 3.63) is 48.6 Å². The first-order valence-electron chi connectivity index (χ1n) is 36.9. The summed E-state index contributed by atoms with van der Waals surface area (Å²) in [6, 6.07) is -0.626. The van der Waals surface area contributed by atoms with Crippen molar-refractivity contribution in [2.75, 3.05) is 13.2 Å². The normalized spacial score (nSPS) is 12.8. The van der Waals surface area contributed by atoms with E-state index in [1.54, 1.807) is 6.08 Å². The lowest BCUT2D eigenvalue weighted by molar-refractivity contribution is -0.143. The maximum atomic E-state index is 12.5. The highest BCUT2D eigenvalue weighted by atomic mass is 16.5. The lowest BCUT2D eigenvalue weighted by atomic mass is 10.0. The van der Waals surface area contributed by atoms with E-state index >= 15 is 0 Å². The standard InChI is InChI=1S/C76H143NO5/c1-3-5-7-9-11-13-15-17-19-40-44-48-52-56-60-64-68-74(79)73(72-78)77-75(80)69-65-61-57-53-49-45-41-38-36-34-32-30-28-26-24-22-21-23-25-27-29-31-33-35-37-39-43-47-51-55-59-63-67-71-82-76(81)70-66-62-58-54-50-46-42-20-18-16-14-12-10-8-6-4-2/h14,16,20,25,27,42,64,68,73-74,78-79H,3-13,15,17-19,21-24,26,28-41,43-63,65-67,69-72H2,1-2H3,(H,77,80)/b16-14-,27-25-,42-20-,68-64+. The van der Waals surface area contributed by atoms with Crippen molar-refractivity contribution in [1.29, 1.82) is 0 Å². The minimum atomic E-state index is -0.843. The molecule has 1 amide bonds. The Morgan fingerprint density at radius 1 is 0.341 bits per heavy atom. The molecule has 0 fully saturated rings. The number of nitrogens with one attached hydrogen (secondary N) is 1. The van der Waals surface area contributed by atoms with Gasteiger partial charge in [-0.25, -0.2) is 0 Å². The Morgan fingerprint density at radius 2 is 0.610 bits per heavy atom. The SMILES string of the molecule is CCCCCC/C=C\C/C=C\CCCCCCCC(=O)OCCCCCCCCCCCCCC/C=C\CCCCCCCCCCCCCCCCCCCC(=O)NC(CO)C(O)/C=C/CCCCCCCCCCCCCCCC. The van der Waals surface area contributed by atoms with Gasteiger partial charge in [0.25, 0.3) is 0 Å². The maximum Gasteiger partial charge on any atom is 0.305 e. The van der Waals surface area contributed by atoms with Crippen LogP contribution in [0.15, 0.2) is 48.6 Å². The summed E-state index contributed by atoms with van der Waals surface area (Å²) in [5.74, 6) is -0.0574. The van der Waals surface area contributed by atoms with Gasteiger partial charge in [0.15, 0.2) is 0 Å². The van der Waals surface area contributed by atoms with Gasteiger partial charge in [0.05, 0.1) is 25.4 Å². The van der Waals surface area contributed by atoms with Crippen molar-refractivity contribution in [3.63, 3.8) is 0 Å². The monoisotopic (exact) mass is 1150 g/mol. The molecular formula is C76H143NO5. The summed E-state index contributed by atoms with van der Waals surface area (Å²) >= 11 is 0. The van der Waals surface area contributed by atoms with E-state index in [1.807, 2.05) is 6.08 Å². The van der Waals surface area contributed by atoms with Gasteiger partial charge in [0, 0.05) is 12.8 Å². The Bertz CT molecular complexity index is 1370. The van der Waals surface area contributed by atoms with E-state index in [1.165, 1.54) is 321 Å². The fraction of sp³-hybridized carbons (Fsp3) is 0.868. The molecule has 0 aromatic rings. The van der Waals surface area contributed by atoms with Crippen LogP contribution in [0.2, 0.25) is 0 Å². The van der Waals surface area contributed by atoms with Gasteiger partial charge in [0.1, 0.15) is 0 Å². The van der Waals surface area contributed by atoms with Gasteiger partial charge in [-0.15, -0.1) is 0 Å². The molecule has 0 aromatic heterocycles. The average molecular weight is 1150 g/mol. The molecule has 0 saturated carbocycles. The van der Waals surface area contributed by atoms with Crippen molar-refractivity contribution in [2.45, 2.75) is 411 Å². The number of aliphatic hydroxyl groups excluding tert-OH is 2. The van der Waals surface area contributed by atoms with Crippen molar-refractivity contribution in [3.8, 4) is 0 Å². The highest BCUT2D eigenvalue weighted by molar-refractivity contribution is 5.76. The number of ether oxygens (including phenoxy) is 1. The Labute approximate surface area is 512 Å². The topological polar surface area (TPSA) is 95.9 Å². The van der Waals surface area contributed by atoms with Crippen LogP contribution in [0.1, 0.15) is 399 Å². The zero-order valence-corrected chi connectivity index (χ0v) is 55.2. The highest BCUT2D eigenvalue weighted by Gasteiger charge is 2.18. The van der Waals surface area contributed by atoms with E-state index < -0.39 is 12.1 Å². The Balaban J connectivity index is 3.37.